The van der Waals surface area contributed by atoms with Crippen LogP contribution in [0.5, 0.6) is 0 Å². The molecule has 3 rings (SSSR count). The summed E-state index contributed by atoms with van der Waals surface area (Å²) in [6, 6.07) is 4.22. The molecule has 1 fully saturated rings. The molecule has 0 bridgehead atoms. The van der Waals surface area contributed by atoms with Crippen molar-refractivity contribution in [1.29, 1.82) is 0 Å². The average Bonchev–Trinajstić information content (AvgIpc) is 2.79. The highest BCUT2D eigenvalue weighted by Gasteiger charge is 2.51. The van der Waals surface area contributed by atoms with E-state index < -0.39 is 0 Å². The average molecular weight is 272 g/mol. The summed E-state index contributed by atoms with van der Waals surface area (Å²) in [4.78, 5) is 0. The summed E-state index contributed by atoms with van der Waals surface area (Å²) in [5.74, 6) is 0. The van der Waals surface area contributed by atoms with Gasteiger partial charge in [0.15, 0.2) is 0 Å². The van der Waals surface area contributed by atoms with Crippen molar-refractivity contribution in [3.63, 3.8) is 0 Å². The van der Waals surface area contributed by atoms with Crippen molar-refractivity contribution in [3.8, 4) is 0 Å². The lowest BCUT2D eigenvalue weighted by Gasteiger charge is -2.32. The van der Waals surface area contributed by atoms with Gasteiger partial charge in [-0.3, -0.25) is 5.10 Å². The lowest BCUT2D eigenvalue weighted by molar-refractivity contribution is 0.00578. The minimum atomic E-state index is -0.322. The number of nitrogens with zero attached hydrogens (tertiary/aromatic N) is 1. The molecule has 1 aliphatic rings. The molecule has 0 atom stereocenters. The van der Waals surface area contributed by atoms with Crippen LogP contribution in [0.3, 0.4) is 0 Å². The van der Waals surface area contributed by atoms with Crippen molar-refractivity contribution >= 4 is 23.5 Å². The molecule has 2 aromatic rings. The Hall–Kier alpha value is -1.33. The topological polar surface area (TPSA) is 47.1 Å². The predicted octanol–water partition coefficient (Wildman–Crippen LogP) is 2.48. The van der Waals surface area contributed by atoms with E-state index in [0.29, 0.717) is 0 Å². The number of hydrogen-bond donors (Lipinski definition) is 1. The van der Waals surface area contributed by atoms with Crippen molar-refractivity contribution in [2.24, 2.45) is 0 Å². The Morgan fingerprint density at radius 3 is 2.25 bits per heavy atom. The predicted molar refractivity (Wildman–Crippen MR) is 81.3 cm³/mol. The van der Waals surface area contributed by atoms with Gasteiger partial charge in [-0.05, 0) is 52.6 Å². The second kappa shape index (κ2) is 4.09. The highest BCUT2D eigenvalue weighted by atomic mass is 16.7. The van der Waals surface area contributed by atoms with Gasteiger partial charge in [0, 0.05) is 11.1 Å². The zero-order valence-electron chi connectivity index (χ0n) is 13.0. The van der Waals surface area contributed by atoms with Crippen LogP contribution in [0.4, 0.5) is 0 Å². The number of aromatic nitrogens is 2. The molecule has 0 radical (unpaired) electrons. The highest BCUT2D eigenvalue weighted by molar-refractivity contribution is 6.62. The summed E-state index contributed by atoms with van der Waals surface area (Å²) in [7, 11) is -0.322. The monoisotopic (exact) mass is 272 g/mol. The van der Waals surface area contributed by atoms with Gasteiger partial charge >= 0.3 is 7.12 Å². The number of nitrogens with one attached hydrogen (secondary N) is 1. The number of fused-ring (bicyclic) bond motifs is 1. The van der Waals surface area contributed by atoms with Gasteiger partial charge in [-0.1, -0.05) is 12.1 Å². The first-order valence-electron chi connectivity index (χ1n) is 7.02. The van der Waals surface area contributed by atoms with Crippen molar-refractivity contribution in [2.45, 2.75) is 52.7 Å². The minimum absolute atomic E-state index is 0.314. The number of H-pyrrole nitrogens is 1. The minimum Gasteiger partial charge on any atom is -0.399 e. The lowest BCUT2D eigenvalue weighted by atomic mass is 9.77. The molecular formula is C15H21BN2O2. The molecule has 5 heteroatoms. The Labute approximate surface area is 120 Å². The van der Waals surface area contributed by atoms with E-state index in [-0.39, 0.29) is 18.3 Å². The lowest BCUT2D eigenvalue weighted by Crippen LogP contribution is -2.41. The van der Waals surface area contributed by atoms with E-state index in [4.69, 9.17) is 9.31 Å². The molecule has 0 amide bonds. The first-order valence-corrected chi connectivity index (χ1v) is 7.02. The van der Waals surface area contributed by atoms with E-state index in [1.165, 1.54) is 0 Å². The van der Waals surface area contributed by atoms with E-state index in [2.05, 4.69) is 56.9 Å². The second-order valence-corrected chi connectivity index (χ2v) is 6.67. The first kappa shape index (κ1) is 13.6. The molecule has 1 saturated heterocycles. The second-order valence-electron chi connectivity index (χ2n) is 6.67. The summed E-state index contributed by atoms with van der Waals surface area (Å²) >= 11 is 0. The van der Waals surface area contributed by atoms with Crippen molar-refractivity contribution < 1.29 is 9.31 Å². The van der Waals surface area contributed by atoms with Gasteiger partial charge in [-0.15, -0.1) is 0 Å². The molecular weight excluding hydrogens is 251 g/mol. The van der Waals surface area contributed by atoms with Gasteiger partial charge in [-0.2, -0.15) is 5.10 Å². The number of aromatic amines is 1. The number of rotatable bonds is 1. The third-order valence-corrected chi connectivity index (χ3v) is 4.59. The molecule has 0 spiro atoms. The summed E-state index contributed by atoms with van der Waals surface area (Å²) in [6.45, 7) is 12.4. The molecule has 1 aromatic carbocycles. The molecule has 1 aromatic heterocycles. The van der Waals surface area contributed by atoms with Gasteiger partial charge in [0.05, 0.1) is 16.7 Å². The van der Waals surface area contributed by atoms with Crippen LogP contribution < -0.4 is 5.46 Å². The molecule has 0 aliphatic carbocycles. The fourth-order valence-corrected chi connectivity index (χ4v) is 2.56. The van der Waals surface area contributed by atoms with Crippen LogP contribution >= 0.6 is 0 Å². The highest BCUT2D eigenvalue weighted by Crippen LogP contribution is 2.36. The Morgan fingerprint density at radius 2 is 1.65 bits per heavy atom. The summed E-state index contributed by atoms with van der Waals surface area (Å²) in [6.07, 6.45) is 0. The first-order chi connectivity index (χ1) is 9.21. The molecule has 4 nitrogen and oxygen atoms in total. The third-order valence-electron chi connectivity index (χ3n) is 4.59. The van der Waals surface area contributed by atoms with Crippen molar-refractivity contribution in [2.75, 3.05) is 0 Å². The number of hydrogen-bond acceptors (Lipinski definition) is 3. The number of benzene rings is 1. The maximum absolute atomic E-state index is 6.12. The van der Waals surface area contributed by atoms with E-state index in [1.54, 1.807) is 0 Å². The van der Waals surface area contributed by atoms with Crippen LogP contribution in [0.25, 0.3) is 10.9 Å². The SMILES string of the molecule is Cc1[nH]nc2c(C)cc(B3OC(C)(C)C(C)(C)O3)cc12. The zero-order valence-corrected chi connectivity index (χ0v) is 13.0. The summed E-state index contributed by atoms with van der Waals surface area (Å²) in [5, 5.41) is 8.51. The van der Waals surface area contributed by atoms with Crippen LogP contribution in [-0.2, 0) is 9.31 Å². The molecule has 0 unspecified atom stereocenters. The van der Waals surface area contributed by atoms with Crippen LogP contribution in [0.2, 0.25) is 0 Å². The van der Waals surface area contributed by atoms with Crippen LogP contribution in [0.15, 0.2) is 12.1 Å². The van der Waals surface area contributed by atoms with Gasteiger partial charge < -0.3 is 9.31 Å². The van der Waals surface area contributed by atoms with E-state index in [0.717, 1.165) is 27.6 Å². The van der Waals surface area contributed by atoms with Crippen molar-refractivity contribution in [1.82, 2.24) is 10.2 Å². The van der Waals surface area contributed by atoms with Crippen LogP contribution in [0, 0.1) is 13.8 Å². The molecule has 2 heterocycles. The quantitative estimate of drug-likeness (QED) is 0.811. The Bertz CT molecular complexity index is 660. The third kappa shape index (κ3) is 1.88. The van der Waals surface area contributed by atoms with Crippen molar-refractivity contribution in [3.05, 3.63) is 23.4 Å². The van der Waals surface area contributed by atoms with E-state index in [9.17, 15) is 0 Å². The van der Waals surface area contributed by atoms with Gasteiger partial charge in [0.25, 0.3) is 0 Å². The number of aryl methyl sites for hydroxylation is 2. The molecule has 20 heavy (non-hydrogen) atoms. The van der Waals surface area contributed by atoms with Gasteiger partial charge in [-0.25, -0.2) is 0 Å². The summed E-state index contributed by atoms with van der Waals surface area (Å²) < 4.78 is 12.2. The van der Waals surface area contributed by atoms with Gasteiger partial charge in [0.1, 0.15) is 0 Å². The van der Waals surface area contributed by atoms with Gasteiger partial charge in [0.2, 0.25) is 0 Å². The van der Waals surface area contributed by atoms with Crippen LogP contribution in [-0.4, -0.2) is 28.5 Å². The largest absolute Gasteiger partial charge is 0.494 e. The molecule has 0 saturated carbocycles. The fourth-order valence-electron chi connectivity index (χ4n) is 2.56. The molecule has 1 aliphatic heterocycles. The zero-order chi connectivity index (χ0) is 14.7. The standard InChI is InChI=1S/C15H21BN2O2/c1-9-7-11(8-12-10(2)17-18-13(9)12)16-19-14(3,4)15(5,6)20-16/h7-8H,1-6H3,(H,17,18). The Morgan fingerprint density at radius 1 is 1.05 bits per heavy atom. The molecule has 106 valence electrons. The maximum Gasteiger partial charge on any atom is 0.494 e. The van der Waals surface area contributed by atoms with E-state index >= 15 is 0 Å². The Balaban J connectivity index is 2.06. The normalized spacial score (nSPS) is 20.8. The van der Waals surface area contributed by atoms with E-state index in [1.807, 2.05) is 6.92 Å². The maximum atomic E-state index is 6.12. The van der Waals surface area contributed by atoms with Crippen LogP contribution in [0.1, 0.15) is 39.0 Å². The Kier molecular flexibility index (Phi) is 2.79. The summed E-state index contributed by atoms with van der Waals surface area (Å²) in [5.41, 5.74) is 3.65. The molecule has 1 N–H and O–H groups in total. The fraction of sp³-hybridized carbons (Fsp3) is 0.533. The smallest absolute Gasteiger partial charge is 0.399 e.